The maximum atomic E-state index is 12.9. The first kappa shape index (κ1) is 19.0. The van der Waals surface area contributed by atoms with E-state index in [1.807, 2.05) is 0 Å². The monoisotopic (exact) mass is 370 g/mol. The number of hydrogen-bond acceptors (Lipinski definition) is 5. The summed E-state index contributed by atoms with van der Waals surface area (Å²) >= 11 is 0. The molecule has 27 heavy (non-hydrogen) atoms. The first-order chi connectivity index (χ1) is 13.1. The van der Waals surface area contributed by atoms with Gasteiger partial charge in [-0.3, -0.25) is 4.79 Å². The van der Waals surface area contributed by atoms with E-state index in [4.69, 9.17) is 14.2 Å². The van der Waals surface area contributed by atoms with Gasteiger partial charge in [-0.05, 0) is 29.8 Å². The second kappa shape index (κ2) is 8.77. The number of nitrogens with zero attached hydrogens (tertiary/aromatic N) is 2. The van der Waals surface area contributed by atoms with Crippen LogP contribution in [0.25, 0.3) is 0 Å². The Morgan fingerprint density at radius 3 is 2.41 bits per heavy atom. The standard InChI is InChI=1S/C21H26N2O4/c1-22(21(24)18-5-4-6-19(25-2)20(18)26-3)15-16-7-9-17(10-8-16)23-11-13-27-14-12-23/h4-10H,11-15H2,1-3H3. The van der Waals surface area contributed by atoms with Crippen LogP contribution >= 0.6 is 0 Å². The summed E-state index contributed by atoms with van der Waals surface area (Å²) in [5.41, 5.74) is 2.75. The predicted octanol–water partition coefficient (Wildman–Crippen LogP) is 2.81. The van der Waals surface area contributed by atoms with Crippen molar-refractivity contribution in [2.45, 2.75) is 6.54 Å². The largest absolute Gasteiger partial charge is 0.493 e. The smallest absolute Gasteiger partial charge is 0.257 e. The summed E-state index contributed by atoms with van der Waals surface area (Å²) in [6, 6.07) is 13.7. The molecule has 0 aliphatic carbocycles. The van der Waals surface area contributed by atoms with Crippen molar-refractivity contribution < 1.29 is 19.0 Å². The van der Waals surface area contributed by atoms with Crippen molar-refractivity contribution in [3.05, 3.63) is 53.6 Å². The number of anilines is 1. The molecule has 0 aromatic heterocycles. The van der Waals surface area contributed by atoms with Gasteiger partial charge < -0.3 is 24.0 Å². The quantitative estimate of drug-likeness (QED) is 0.783. The Hall–Kier alpha value is -2.73. The molecule has 6 nitrogen and oxygen atoms in total. The van der Waals surface area contributed by atoms with E-state index >= 15 is 0 Å². The second-order valence-electron chi connectivity index (χ2n) is 6.47. The Bertz CT molecular complexity index is 770. The molecule has 3 rings (SSSR count). The van der Waals surface area contributed by atoms with Gasteiger partial charge in [-0.15, -0.1) is 0 Å². The summed E-state index contributed by atoms with van der Waals surface area (Å²) in [6.07, 6.45) is 0. The molecule has 1 amide bonds. The van der Waals surface area contributed by atoms with Crippen LogP contribution in [0.2, 0.25) is 0 Å². The molecule has 0 spiro atoms. The summed E-state index contributed by atoms with van der Waals surface area (Å²) < 4.78 is 16.1. The topological polar surface area (TPSA) is 51.2 Å². The van der Waals surface area contributed by atoms with Gasteiger partial charge in [0, 0.05) is 32.4 Å². The Morgan fingerprint density at radius 2 is 1.78 bits per heavy atom. The lowest BCUT2D eigenvalue weighted by atomic mass is 10.1. The number of ether oxygens (including phenoxy) is 3. The molecule has 1 saturated heterocycles. The van der Waals surface area contributed by atoms with E-state index in [0.717, 1.165) is 31.9 Å². The molecule has 1 aliphatic rings. The van der Waals surface area contributed by atoms with Crippen LogP contribution in [0.3, 0.4) is 0 Å². The maximum Gasteiger partial charge on any atom is 0.257 e. The van der Waals surface area contributed by atoms with Crippen molar-refractivity contribution in [2.75, 3.05) is 52.5 Å². The first-order valence-corrected chi connectivity index (χ1v) is 9.02. The zero-order valence-electron chi connectivity index (χ0n) is 16.1. The lowest BCUT2D eigenvalue weighted by Crippen LogP contribution is -2.36. The van der Waals surface area contributed by atoms with Crippen molar-refractivity contribution in [2.24, 2.45) is 0 Å². The van der Waals surface area contributed by atoms with Crippen LogP contribution in [0, 0.1) is 0 Å². The van der Waals surface area contributed by atoms with Gasteiger partial charge in [0.1, 0.15) is 0 Å². The van der Waals surface area contributed by atoms with E-state index in [2.05, 4.69) is 29.2 Å². The second-order valence-corrected chi connectivity index (χ2v) is 6.47. The van der Waals surface area contributed by atoms with Crippen molar-refractivity contribution in [3.8, 4) is 11.5 Å². The van der Waals surface area contributed by atoms with E-state index in [1.165, 1.54) is 5.69 Å². The third-order valence-corrected chi connectivity index (χ3v) is 4.71. The first-order valence-electron chi connectivity index (χ1n) is 9.02. The lowest BCUT2D eigenvalue weighted by molar-refractivity contribution is 0.0781. The normalized spacial score (nSPS) is 14.0. The number of para-hydroxylation sites is 1. The van der Waals surface area contributed by atoms with Gasteiger partial charge in [0.05, 0.1) is 33.0 Å². The number of carbonyl (C=O) groups excluding carboxylic acids is 1. The van der Waals surface area contributed by atoms with Crippen molar-refractivity contribution in [1.29, 1.82) is 0 Å². The zero-order valence-corrected chi connectivity index (χ0v) is 16.1. The van der Waals surface area contributed by atoms with Gasteiger partial charge >= 0.3 is 0 Å². The minimum atomic E-state index is -0.108. The van der Waals surface area contributed by atoms with Crippen LogP contribution < -0.4 is 14.4 Å². The predicted molar refractivity (Wildman–Crippen MR) is 105 cm³/mol. The van der Waals surface area contributed by atoms with Crippen LogP contribution in [0.1, 0.15) is 15.9 Å². The minimum Gasteiger partial charge on any atom is -0.493 e. The molecular weight excluding hydrogens is 344 g/mol. The Balaban J connectivity index is 1.69. The SMILES string of the molecule is COc1cccc(C(=O)N(C)Cc2ccc(N3CCOCC3)cc2)c1OC. The van der Waals surface area contributed by atoms with Gasteiger partial charge in [0.15, 0.2) is 11.5 Å². The van der Waals surface area contributed by atoms with Crippen LogP contribution in [0.4, 0.5) is 5.69 Å². The van der Waals surface area contributed by atoms with E-state index in [9.17, 15) is 4.79 Å². The van der Waals surface area contributed by atoms with Gasteiger partial charge in [-0.2, -0.15) is 0 Å². The number of hydrogen-bond donors (Lipinski definition) is 0. The highest BCUT2D eigenvalue weighted by molar-refractivity contribution is 5.97. The molecule has 1 heterocycles. The average Bonchev–Trinajstić information content (AvgIpc) is 2.73. The fourth-order valence-electron chi connectivity index (χ4n) is 3.24. The number of methoxy groups -OCH3 is 2. The van der Waals surface area contributed by atoms with Crippen molar-refractivity contribution >= 4 is 11.6 Å². The van der Waals surface area contributed by atoms with E-state index in [0.29, 0.717) is 23.6 Å². The summed E-state index contributed by atoms with van der Waals surface area (Å²) in [5, 5.41) is 0. The van der Waals surface area contributed by atoms with Gasteiger partial charge in [0.25, 0.3) is 5.91 Å². The Kier molecular flexibility index (Phi) is 6.19. The number of benzene rings is 2. The van der Waals surface area contributed by atoms with E-state index in [-0.39, 0.29) is 5.91 Å². The van der Waals surface area contributed by atoms with Gasteiger partial charge in [-0.1, -0.05) is 18.2 Å². The molecule has 0 atom stereocenters. The van der Waals surface area contributed by atoms with E-state index < -0.39 is 0 Å². The molecule has 2 aromatic rings. The third kappa shape index (κ3) is 4.34. The molecule has 6 heteroatoms. The van der Waals surface area contributed by atoms with Gasteiger partial charge in [-0.25, -0.2) is 0 Å². The summed E-state index contributed by atoms with van der Waals surface area (Å²) in [5.74, 6) is 0.897. The van der Waals surface area contributed by atoms with Crippen molar-refractivity contribution in [3.63, 3.8) is 0 Å². The summed E-state index contributed by atoms with van der Waals surface area (Å²) in [7, 11) is 4.89. The van der Waals surface area contributed by atoms with Crippen LogP contribution in [-0.2, 0) is 11.3 Å². The Labute approximate surface area is 160 Å². The molecule has 1 aliphatic heterocycles. The minimum absolute atomic E-state index is 0.108. The summed E-state index contributed by atoms with van der Waals surface area (Å²) in [4.78, 5) is 16.9. The molecule has 1 fully saturated rings. The van der Waals surface area contributed by atoms with Gasteiger partial charge in [0.2, 0.25) is 0 Å². The van der Waals surface area contributed by atoms with Crippen molar-refractivity contribution in [1.82, 2.24) is 4.90 Å². The maximum absolute atomic E-state index is 12.9. The fraction of sp³-hybridized carbons (Fsp3) is 0.381. The molecule has 144 valence electrons. The fourth-order valence-corrected chi connectivity index (χ4v) is 3.24. The van der Waals surface area contributed by atoms with Crippen LogP contribution in [0.15, 0.2) is 42.5 Å². The number of rotatable bonds is 6. The zero-order chi connectivity index (χ0) is 19.2. The molecule has 2 aromatic carbocycles. The molecule has 0 N–H and O–H groups in total. The lowest BCUT2D eigenvalue weighted by Gasteiger charge is -2.29. The highest BCUT2D eigenvalue weighted by Crippen LogP contribution is 2.31. The van der Waals surface area contributed by atoms with Crippen LogP contribution in [-0.4, -0.2) is 58.4 Å². The molecule has 0 saturated carbocycles. The molecule has 0 radical (unpaired) electrons. The number of morpholine rings is 1. The average molecular weight is 370 g/mol. The number of amides is 1. The van der Waals surface area contributed by atoms with E-state index in [1.54, 1.807) is 44.4 Å². The highest BCUT2D eigenvalue weighted by atomic mass is 16.5. The Morgan fingerprint density at radius 1 is 1.07 bits per heavy atom. The summed E-state index contributed by atoms with van der Waals surface area (Å²) in [6.45, 7) is 3.87. The number of carbonyl (C=O) groups is 1. The highest BCUT2D eigenvalue weighted by Gasteiger charge is 2.20. The molecule has 0 unspecified atom stereocenters. The molecule has 0 bridgehead atoms. The van der Waals surface area contributed by atoms with Crippen LogP contribution in [0.5, 0.6) is 11.5 Å². The third-order valence-electron chi connectivity index (χ3n) is 4.71. The molecular formula is C21H26N2O4.